The Hall–Kier alpha value is -2.08. The van der Waals surface area contributed by atoms with E-state index in [9.17, 15) is 4.79 Å². The maximum Gasteiger partial charge on any atom is 0.221 e. The van der Waals surface area contributed by atoms with Gasteiger partial charge in [0.1, 0.15) is 5.75 Å². The van der Waals surface area contributed by atoms with Crippen LogP contribution in [0.15, 0.2) is 24.4 Å². The van der Waals surface area contributed by atoms with Crippen molar-refractivity contribution in [1.29, 1.82) is 0 Å². The van der Waals surface area contributed by atoms with Crippen LogP contribution in [0.1, 0.15) is 6.42 Å². The summed E-state index contributed by atoms with van der Waals surface area (Å²) < 4.78 is 6.93. The third-order valence-corrected chi connectivity index (χ3v) is 2.83. The van der Waals surface area contributed by atoms with Gasteiger partial charge in [0.25, 0.3) is 0 Å². The quantitative estimate of drug-likeness (QED) is 0.797. The van der Waals surface area contributed by atoms with Crippen LogP contribution in [-0.2, 0) is 11.3 Å². The van der Waals surface area contributed by atoms with Crippen molar-refractivity contribution in [2.24, 2.45) is 0 Å². The van der Waals surface area contributed by atoms with E-state index >= 15 is 0 Å². The highest BCUT2D eigenvalue weighted by molar-refractivity contribution is 5.80. The van der Waals surface area contributed by atoms with Crippen LogP contribution in [0.2, 0.25) is 0 Å². The van der Waals surface area contributed by atoms with Crippen molar-refractivity contribution in [1.82, 2.24) is 15.1 Å². The van der Waals surface area contributed by atoms with Crippen molar-refractivity contribution in [3.63, 3.8) is 0 Å². The van der Waals surface area contributed by atoms with Crippen molar-refractivity contribution in [3.05, 3.63) is 24.4 Å². The van der Waals surface area contributed by atoms with E-state index in [4.69, 9.17) is 9.84 Å². The van der Waals surface area contributed by atoms with E-state index in [0.29, 0.717) is 13.0 Å². The number of aliphatic hydroxyl groups is 1. The molecule has 0 saturated heterocycles. The summed E-state index contributed by atoms with van der Waals surface area (Å²) in [5.41, 5.74) is 0.968. The lowest BCUT2D eigenvalue weighted by atomic mass is 10.2. The molecule has 0 aliphatic heterocycles. The lowest BCUT2D eigenvalue weighted by Crippen LogP contribution is -2.27. The minimum atomic E-state index is -0.0915. The van der Waals surface area contributed by atoms with Gasteiger partial charge in [0, 0.05) is 18.4 Å². The molecule has 1 amide bonds. The van der Waals surface area contributed by atoms with Gasteiger partial charge in [0.15, 0.2) is 0 Å². The minimum Gasteiger partial charge on any atom is -0.497 e. The Morgan fingerprint density at radius 2 is 2.37 bits per heavy atom. The minimum absolute atomic E-state index is 0.0454. The van der Waals surface area contributed by atoms with Crippen LogP contribution in [0, 0.1) is 0 Å². The second kappa shape index (κ2) is 6.19. The van der Waals surface area contributed by atoms with Crippen molar-refractivity contribution >= 4 is 16.8 Å². The van der Waals surface area contributed by atoms with Gasteiger partial charge >= 0.3 is 0 Å². The number of hydrogen-bond acceptors (Lipinski definition) is 4. The van der Waals surface area contributed by atoms with Gasteiger partial charge in [0.2, 0.25) is 5.91 Å². The fraction of sp³-hybridized carbons (Fsp3) is 0.385. The van der Waals surface area contributed by atoms with Gasteiger partial charge < -0.3 is 15.2 Å². The molecule has 6 heteroatoms. The molecule has 1 heterocycles. The number of nitrogens with one attached hydrogen (secondary N) is 1. The average molecular weight is 263 g/mol. The van der Waals surface area contributed by atoms with Gasteiger partial charge in [-0.2, -0.15) is 5.10 Å². The first kappa shape index (κ1) is 13.4. The van der Waals surface area contributed by atoms with Crippen LogP contribution in [0.25, 0.3) is 10.9 Å². The third-order valence-electron chi connectivity index (χ3n) is 2.83. The number of nitrogens with zero attached hydrogens (tertiary/aromatic N) is 2. The van der Waals surface area contributed by atoms with Crippen LogP contribution in [-0.4, -0.2) is 41.1 Å². The molecule has 0 unspecified atom stereocenters. The first-order valence-corrected chi connectivity index (χ1v) is 6.11. The lowest BCUT2D eigenvalue weighted by Gasteiger charge is -2.05. The smallest absolute Gasteiger partial charge is 0.221 e. The summed E-state index contributed by atoms with van der Waals surface area (Å²) in [6.07, 6.45) is 2.09. The molecule has 0 aliphatic carbocycles. The second-order valence-corrected chi connectivity index (χ2v) is 4.12. The molecule has 2 aromatic rings. The molecule has 0 saturated carbocycles. The number of hydrogen-bond donors (Lipinski definition) is 2. The number of fused-ring (bicyclic) bond motifs is 1. The number of carbonyl (C=O) groups excluding carboxylic acids is 1. The maximum absolute atomic E-state index is 11.5. The number of aryl methyl sites for hydroxylation is 1. The molecule has 2 N–H and O–H groups in total. The highest BCUT2D eigenvalue weighted by Gasteiger charge is 2.06. The molecule has 1 aromatic heterocycles. The summed E-state index contributed by atoms with van der Waals surface area (Å²) >= 11 is 0. The number of benzene rings is 1. The third kappa shape index (κ3) is 3.23. The first-order valence-electron chi connectivity index (χ1n) is 6.11. The van der Waals surface area contributed by atoms with Gasteiger partial charge in [-0.15, -0.1) is 0 Å². The summed E-state index contributed by atoms with van der Waals surface area (Å²) in [4.78, 5) is 11.5. The van der Waals surface area contributed by atoms with Gasteiger partial charge in [-0.1, -0.05) is 0 Å². The highest BCUT2D eigenvalue weighted by Crippen LogP contribution is 2.20. The fourth-order valence-corrected chi connectivity index (χ4v) is 1.86. The van der Waals surface area contributed by atoms with Crippen LogP contribution in [0.3, 0.4) is 0 Å². The summed E-state index contributed by atoms with van der Waals surface area (Å²) in [5, 5.41) is 16.5. The van der Waals surface area contributed by atoms with E-state index in [0.717, 1.165) is 16.7 Å². The molecule has 102 valence electrons. The molecule has 19 heavy (non-hydrogen) atoms. The number of rotatable bonds is 6. The van der Waals surface area contributed by atoms with Crippen molar-refractivity contribution in [3.8, 4) is 5.75 Å². The van der Waals surface area contributed by atoms with E-state index in [2.05, 4.69) is 10.4 Å². The number of amides is 1. The Labute approximate surface area is 111 Å². The molecule has 0 radical (unpaired) electrons. The zero-order valence-electron chi connectivity index (χ0n) is 10.8. The fourth-order valence-electron chi connectivity index (χ4n) is 1.86. The number of aliphatic hydroxyl groups excluding tert-OH is 1. The zero-order valence-corrected chi connectivity index (χ0v) is 10.8. The highest BCUT2D eigenvalue weighted by atomic mass is 16.5. The van der Waals surface area contributed by atoms with Gasteiger partial charge in [-0.25, -0.2) is 0 Å². The van der Waals surface area contributed by atoms with Crippen LogP contribution < -0.4 is 10.1 Å². The van der Waals surface area contributed by atoms with E-state index < -0.39 is 0 Å². The Morgan fingerprint density at radius 1 is 1.53 bits per heavy atom. The van der Waals surface area contributed by atoms with Crippen molar-refractivity contribution in [2.75, 3.05) is 20.3 Å². The van der Waals surface area contributed by atoms with Crippen LogP contribution >= 0.6 is 0 Å². The average Bonchev–Trinajstić information content (AvgIpc) is 2.84. The molecule has 0 fully saturated rings. The SMILES string of the molecule is COc1ccc2c(cnn2CCC(=O)NCCO)c1. The molecule has 1 aromatic carbocycles. The summed E-state index contributed by atoms with van der Waals surface area (Å²) in [6.45, 7) is 0.749. The van der Waals surface area contributed by atoms with E-state index in [1.54, 1.807) is 18.0 Å². The molecule has 0 bridgehead atoms. The Bertz CT molecular complexity index is 565. The first-order chi connectivity index (χ1) is 9.24. The van der Waals surface area contributed by atoms with Gasteiger partial charge in [-0.05, 0) is 18.2 Å². The number of ether oxygens (including phenoxy) is 1. The van der Waals surface area contributed by atoms with E-state index in [-0.39, 0.29) is 19.1 Å². The predicted octanol–water partition coefficient (Wildman–Crippen LogP) is 0.543. The monoisotopic (exact) mass is 263 g/mol. The molecule has 0 spiro atoms. The topological polar surface area (TPSA) is 76.4 Å². The van der Waals surface area contributed by atoms with E-state index in [1.165, 1.54) is 0 Å². The van der Waals surface area contributed by atoms with Crippen LogP contribution in [0.4, 0.5) is 0 Å². The summed E-state index contributed by atoms with van der Waals surface area (Å²) in [6, 6.07) is 5.70. The molecule has 6 nitrogen and oxygen atoms in total. The maximum atomic E-state index is 11.5. The van der Waals surface area contributed by atoms with Crippen LogP contribution in [0.5, 0.6) is 5.75 Å². The standard InChI is InChI=1S/C13H17N3O3/c1-19-11-2-3-12-10(8-11)9-15-16(12)6-4-13(18)14-5-7-17/h2-3,8-9,17H,4-7H2,1H3,(H,14,18). The molecular formula is C13H17N3O3. The molecule has 2 rings (SSSR count). The van der Waals surface area contributed by atoms with E-state index in [1.807, 2.05) is 18.2 Å². The summed E-state index contributed by atoms with van der Waals surface area (Å²) in [5.74, 6) is 0.693. The number of aromatic nitrogens is 2. The zero-order chi connectivity index (χ0) is 13.7. The Kier molecular flexibility index (Phi) is 4.35. The normalized spacial score (nSPS) is 10.6. The summed E-state index contributed by atoms with van der Waals surface area (Å²) in [7, 11) is 1.62. The Balaban J connectivity index is 2.03. The number of methoxy groups -OCH3 is 1. The molecule has 0 aliphatic rings. The van der Waals surface area contributed by atoms with Gasteiger partial charge in [0.05, 0.1) is 32.0 Å². The predicted molar refractivity (Wildman–Crippen MR) is 71.0 cm³/mol. The second-order valence-electron chi connectivity index (χ2n) is 4.12. The molecular weight excluding hydrogens is 246 g/mol. The largest absolute Gasteiger partial charge is 0.497 e. The lowest BCUT2D eigenvalue weighted by molar-refractivity contribution is -0.121. The molecule has 0 atom stereocenters. The van der Waals surface area contributed by atoms with Crippen molar-refractivity contribution in [2.45, 2.75) is 13.0 Å². The van der Waals surface area contributed by atoms with Gasteiger partial charge in [-0.3, -0.25) is 9.48 Å². The van der Waals surface area contributed by atoms with Crippen molar-refractivity contribution < 1.29 is 14.6 Å². The Morgan fingerprint density at radius 3 is 3.11 bits per heavy atom. The number of carbonyl (C=O) groups is 1.